The number of aryl methyl sites for hydroxylation is 1. The predicted molar refractivity (Wildman–Crippen MR) is 86.8 cm³/mol. The Morgan fingerprint density at radius 2 is 2.09 bits per heavy atom. The summed E-state index contributed by atoms with van der Waals surface area (Å²) in [5.74, 6) is 0.0351. The van der Waals surface area contributed by atoms with Gasteiger partial charge in [0.1, 0.15) is 0 Å². The molecule has 0 aromatic heterocycles. The number of aliphatic hydroxyl groups excluding tert-OH is 1. The third-order valence-electron chi connectivity index (χ3n) is 4.57. The number of hydrogen-bond acceptors (Lipinski definition) is 3. The Morgan fingerprint density at radius 1 is 1.36 bits per heavy atom. The second-order valence-corrected chi connectivity index (χ2v) is 6.33. The number of carbonyl (C=O) groups excluding carboxylic acids is 1. The summed E-state index contributed by atoms with van der Waals surface area (Å²) in [5, 5.41) is 12.7. The van der Waals surface area contributed by atoms with E-state index in [-0.39, 0.29) is 19.1 Å². The Morgan fingerprint density at radius 3 is 2.73 bits per heavy atom. The van der Waals surface area contributed by atoms with Crippen molar-refractivity contribution in [1.82, 2.24) is 5.32 Å². The van der Waals surface area contributed by atoms with E-state index >= 15 is 0 Å². The van der Waals surface area contributed by atoms with E-state index in [1.807, 2.05) is 6.07 Å². The largest absolute Gasteiger partial charge is 0.389 e. The van der Waals surface area contributed by atoms with Crippen LogP contribution in [0.3, 0.4) is 0 Å². The zero-order valence-electron chi connectivity index (χ0n) is 13.6. The van der Waals surface area contributed by atoms with Gasteiger partial charge in [-0.25, -0.2) is 0 Å². The number of methoxy groups -OCH3 is 1. The number of carbonyl (C=O) groups is 1. The van der Waals surface area contributed by atoms with Crippen LogP contribution in [-0.2, 0) is 14.9 Å². The van der Waals surface area contributed by atoms with Crippen LogP contribution in [0.1, 0.15) is 43.2 Å². The minimum absolute atomic E-state index is 0.0351. The molecule has 4 heteroatoms. The molecule has 0 aliphatic heterocycles. The zero-order chi connectivity index (χ0) is 16.0. The third kappa shape index (κ3) is 3.87. The Kier molecular flexibility index (Phi) is 5.98. The maximum Gasteiger partial charge on any atom is 0.230 e. The lowest BCUT2D eigenvalue weighted by Gasteiger charge is -2.36. The Bertz CT molecular complexity index is 495. The molecule has 1 aliphatic rings. The number of amides is 1. The molecule has 0 heterocycles. The van der Waals surface area contributed by atoms with E-state index in [1.54, 1.807) is 7.11 Å². The lowest BCUT2D eigenvalue weighted by molar-refractivity contribution is -0.128. The predicted octanol–water partition coefficient (Wildman–Crippen LogP) is 2.32. The first-order valence-corrected chi connectivity index (χ1v) is 8.11. The minimum Gasteiger partial charge on any atom is -0.389 e. The molecule has 2 rings (SSSR count). The van der Waals surface area contributed by atoms with Gasteiger partial charge in [0.2, 0.25) is 5.91 Å². The van der Waals surface area contributed by atoms with Crippen LogP contribution in [0.5, 0.6) is 0 Å². The summed E-state index contributed by atoms with van der Waals surface area (Å²) < 4.78 is 4.91. The van der Waals surface area contributed by atoms with Gasteiger partial charge >= 0.3 is 0 Å². The molecule has 1 unspecified atom stereocenters. The first kappa shape index (κ1) is 17.0. The van der Waals surface area contributed by atoms with E-state index in [4.69, 9.17) is 4.74 Å². The number of ether oxygens (including phenoxy) is 1. The van der Waals surface area contributed by atoms with Gasteiger partial charge in [-0.05, 0) is 25.3 Å². The van der Waals surface area contributed by atoms with Crippen LogP contribution >= 0.6 is 0 Å². The average molecular weight is 305 g/mol. The molecule has 0 radical (unpaired) electrons. The lowest BCUT2D eigenvalue weighted by atomic mass is 9.68. The molecule has 1 aromatic carbocycles. The van der Waals surface area contributed by atoms with Crippen LogP contribution in [0.25, 0.3) is 0 Å². The molecule has 1 aromatic rings. The van der Waals surface area contributed by atoms with Gasteiger partial charge in [-0.2, -0.15) is 0 Å². The topological polar surface area (TPSA) is 58.6 Å². The van der Waals surface area contributed by atoms with E-state index in [1.165, 1.54) is 12.0 Å². The van der Waals surface area contributed by atoms with E-state index in [0.29, 0.717) is 0 Å². The molecule has 4 nitrogen and oxygen atoms in total. The number of benzene rings is 1. The van der Waals surface area contributed by atoms with Crippen molar-refractivity contribution < 1.29 is 14.6 Å². The van der Waals surface area contributed by atoms with Gasteiger partial charge in [0.25, 0.3) is 0 Å². The fourth-order valence-electron chi connectivity index (χ4n) is 3.38. The standard InChI is InChI=1S/C18H27NO3/c1-14-7-6-8-15(11-14)18(9-4-3-5-10-18)17(21)19-12-16(20)13-22-2/h6-8,11,16,20H,3-5,9-10,12-13H2,1-2H3,(H,19,21). The lowest BCUT2D eigenvalue weighted by Crippen LogP contribution is -2.48. The maximum absolute atomic E-state index is 12.9. The molecular weight excluding hydrogens is 278 g/mol. The van der Waals surface area contributed by atoms with Crippen LogP contribution in [-0.4, -0.2) is 37.4 Å². The molecule has 1 atom stereocenters. The van der Waals surface area contributed by atoms with Crippen LogP contribution in [0.15, 0.2) is 24.3 Å². The van der Waals surface area contributed by atoms with Crippen molar-refractivity contribution in [1.29, 1.82) is 0 Å². The van der Waals surface area contributed by atoms with Crippen molar-refractivity contribution in [2.45, 2.75) is 50.5 Å². The van der Waals surface area contributed by atoms with E-state index in [9.17, 15) is 9.90 Å². The highest BCUT2D eigenvalue weighted by Crippen LogP contribution is 2.40. The van der Waals surface area contributed by atoms with E-state index in [0.717, 1.165) is 31.2 Å². The van der Waals surface area contributed by atoms with Crippen molar-refractivity contribution in [3.05, 3.63) is 35.4 Å². The summed E-state index contributed by atoms with van der Waals surface area (Å²) in [5.41, 5.74) is 1.83. The SMILES string of the molecule is COCC(O)CNC(=O)C1(c2cccc(C)c2)CCCCC1. The molecule has 0 saturated heterocycles. The first-order valence-electron chi connectivity index (χ1n) is 8.11. The highest BCUT2D eigenvalue weighted by Gasteiger charge is 2.41. The monoisotopic (exact) mass is 305 g/mol. The van der Waals surface area contributed by atoms with Gasteiger partial charge in [0.05, 0.1) is 18.1 Å². The van der Waals surface area contributed by atoms with Crippen molar-refractivity contribution in [2.24, 2.45) is 0 Å². The molecule has 2 N–H and O–H groups in total. The quantitative estimate of drug-likeness (QED) is 0.848. The van der Waals surface area contributed by atoms with Crippen molar-refractivity contribution in [2.75, 3.05) is 20.3 Å². The van der Waals surface area contributed by atoms with Gasteiger partial charge in [-0.3, -0.25) is 4.79 Å². The van der Waals surface area contributed by atoms with Gasteiger partial charge in [0, 0.05) is 13.7 Å². The molecule has 22 heavy (non-hydrogen) atoms. The van der Waals surface area contributed by atoms with Gasteiger partial charge in [-0.1, -0.05) is 49.1 Å². The molecule has 1 fully saturated rings. The number of aliphatic hydroxyl groups is 1. The molecule has 1 amide bonds. The molecule has 0 spiro atoms. The number of hydrogen-bond donors (Lipinski definition) is 2. The maximum atomic E-state index is 12.9. The number of rotatable bonds is 6. The summed E-state index contributed by atoms with van der Waals surface area (Å²) in [6, 6.07) is 8.26. The van der Waals surface area contributed by atoms with Gasteiger partial charge in [0.15, 0.2) is 0 Å². The summed E-state index contributed by atoms with van der Waals surface area (Å²) >= 11 is 0. The molecule has 0 bridgehead atoms. The molecular formula is C18H27NO3. The smallest absolute Gasteiger partial charge is 0.230 e. The average Bonchev–Trinajstić information content (AvgIpc) is 2.53. The van der Waals surface area contributed by atoms with Crippen molar-refractivity contribution in [3.63, 3.8) is 0 Å². The van der Waals surface area contributed by atoms with Crippen molar-refractivity contribution in [3.8, 4) is 0 Å². The minimum atomic E-state index is -0.660. The molecule has 1 aliphatic carbocycles. The highest BCUT2D eigenvalue weighted by molar-refractivity contribution is 5.88. The van der Waals surface area contributed by atoms with Crippen LogP contribution in [0.2, 0.25) is 0 Å². The second-order valence-electron chi connectivity index (χ2n) is 6.33. The van der Waals surface area contributed by atoms with E-state index in [2.05, 4.69) is 30.4 Å². The van der Waals surface area contributed by atoms with E-state index < -0.39 is 11.5 Å². The third-order valence-corrected chi connectivity index (χ3v) is 4.57. The van der Waals surface area contributed by atoms with Crippen LogP contribution in [0.4, 0.5) is 0 Å². The van der Waals surface area contributed by atoms with Crippen LogP contribution in [0, 0.1) is 6.92 Å². The van der Waals surface area contributed by atoms with Crippen LogP contribution < -0.4 is 5.32 Å². The Labute approximate surface area is 132 Å². The summed E-state index contributed by atoms with van der Waals surface area (Å²) in [6.45, 7) is 2.53. The summed E-state index contributed by atoms with van der Waals surface area (Å²) in [7, 11) is 1.54. The normalized spacial score (nSPS) is 18.7. The molecule has 1 saturated carbocycles. The summed E-state index contributed by atoms with van der Waals surface area (Å²) in [4.78, 5) is 12.9. The fraction of sp³-hybridized carbons (Fsp3) is 0.611. The Hall–Kier alpha value is -1.39. The highest BCUT2D eigenvalue weighted by atomic mass is 16.5. The number of nitrogens with one attached hydrogen (secondary N) is 1. The fourth-order valence-corrected chi connectivity index (χ4v) is 3.38. The van der Waals surface area contributed by atoms with Gasteiger partial charge < -0.3 is 15.2 Å². The van der Waals surface area contributed by atoms with Gasteiger partial charge in [-0.15, -0.1) is 0 Å². The molecule has 122 valence electrons. The van der Waals surface area contributed by atoms with Crippen molar-refractivity contribution >= 4 is 5.91 Å². The zero-order valence-corrected chi connectivity index (χ0v) is 13.6. The second kappa shape index (κ2) is 7.75. The first-order chi connectivity index (χ1) is 10.6. The summed E-state index contributed by atoms with van der Waals surface area (Å²) in [6.07, 6.45) is 4.43. The Balaban J connectivity index is 2.16.